The highest BCUT2D eigenvalue weighted by atomic mass is 16.5. The van der Waals surface area contributed by atoms with Crippen molar-refractivity contribution in [3.63, 3.8) is 0 Å². The number of nitrogens with zero attached hydrogens (tertiary/aromatic N) is 4. The molecule has 1 aromatic rings. The van der Waals surface area contributed by atoms with Crippen LogP contribution in [0.1, 0.15) is 12.1 Å². The number of hydrogen-bond donors (Lipinski definition) is 0. The molecule has 0 bridgehead atoms. The number of aromatic nitrogens is 2. The van der Waals surface area contributed by atoms with Crippen LogP contribution in [-0.2, 0) is 14.3 Å². The van der Waals surface area contributed by atoms with Crippen molar-refractivity contribution in [1.29, 1.82) is 0 Å². The summed E-state index contributed by atoms with van der Waals surface area (Å²) in [6, 6.07) is 4.00. The molecular formula is C17H24N4O3. The van der Waals surface area contributed by atoms with E-state index in [9.17, 15) is 4.79 Å². The molecule has 7 heteroatoms. The van der Waals surface area contributed by atoms with Crippen molar-refractivity contribution >= 4 is 11.7 Å². The Morgan fingerprint density at radius 3 is 2.88 bits per heavy atom. The number of hydrogen-bond acceptors (Lipinski definition) is 6. The minimum absolute atomic E-state index is 0.0953. The molecule has 0 unspecified atom stereocenters. The molecule has 2 atom stereocenters. The lowest BCUT2D eigenvalue weighted by molar-refractivity contribution is -0.138. The van der Waals surface area contributed by atoms with Crippen molar-refractivity contribution in [1.82, 2.24) is 15.1 Å². The Balaban J connectivity index is 1.48. The molecule has 3 aliphatic rings. The van der Waals surface area contributed by atoms with Crippen LogP contribution < -0.4 is 4.90 Å². The number of morpholine rings is 1. The molecule has 3 saturated heterocycles. The lowest BCUT2D eigenvalue weighted by Crippen LogP contribution is -2.44. The fourth-order valence-corrected chi connectivity index (χ4v) is 4.04. The number of fused-ring (bicyclic) bond motifs is 1. The van der Waals surface area contributed by atoms with Gasteiger partial charge in [-0.1, -0.05) is 0 Å². The van der Waals surface area contributed by atoms with Crippen LogP contribution in [0.2, 0.25) is 0 Å². The molecule has 0 N–H and O–H groups in total. The molecule has 0 saturated carbocycles. The molecule has 0 radical (unpaired) electrons. The molecule has 1 amide bonds. The summed E-state index contributed by atoms with van der Waals surface area (Å²) in [6.07, 6.45) is 0.549. The van der Waals surface area contributed by atoms with Gasteiger partial charge in [0, 0.05) is 43.9 Å². The molecule has 4 heterocycles. The van der Waals surface area contributed by atoms with Crippen molar-refractivity contribution in [2.45, 2.75) is 13.3 Å². The zero-order valence-electron chi connectivity index (χ0n) is 14.1. The van der Waals surface area contributed by atoms with Crippen molar-refractivity contribution in [3.8, 4) is 0 Å². The molecule has 3 aliphatic heterocycles. The van der Waals surface area contributed by atoms with Crippen LogP contribution in [0.25, 0.3) is 0 Å². The number of amides is 1. The van der Waals surface area contributed by atoms with E-state index < -0.39 is 0 Å². The average Bonchev–Trinajstić information content (AvgIpc) is 3.13. The number of ether oxygens (including phenoxy) is 2. The molecular weight excluding hydrogens is 308 g/mol. The molecule has 3 fully saturated rings. The SMILES string of the molecule is Cc1ccc(N2C[C@H]3COC[C@@]3(CC(=O)N3CCOCC3)C2)nn1. The van der Waals surface area contributed by atoms with Gasteiger partial charge in [0.1, 0.15) is 0 Å². The number of carbonyl (C=O) groups is 1. The maximum Gasteiger partial charge on any atom is 0.223 e. The normalized spacial score (nSPS) is 29.8. The van der Waals surface area contributed by atoms with E-state index in [0.29, 0.717) is 45.2 Å². The lowest BCUT2D eigenvalue weighted by atomic mass is 9.77. The van der Waals surface area contributed by atoms with E-state index in [1.54, 1.807) is 0 Å². The van der Waals surface area contributed by atoms with E-state index in [0.717, 1.165) is 31.2 Å². The molecule has 0 aliphatic carbocycles. The van der Waals surface area contributed by atoms with Crippen LogP contribution in [0, 0.1) is 18.3 Å². The summed E-state index contributed by atoms with van der Waals surface area (Å²) in [5.41, 5.74) is 0.820. The van der Waals surface area contributed by atoms with E-state index in [4.69, 9.17) is 9.47 Å². The fraction of sp³-hybridized carbons (Fsp3) is 0.706. The maximum absolute atomic E-state index is 12.7. The Hall–Kier alpha value is -1.73. The Morgan fingerprint density at radius 1 is 1.29 bits per heavy atom. The summed E-state index contributed by atoms with van der Waals surface area (Å²) in [5.74, 6) is 1.50. The van der Waals surface area contributed by atoms with Gasteiger partial charge in [-0.05, 0) is 19.1 Å². The van der Waals surface area contributed by atoms with Crippen LogP contribution in [-0.4, -0.2) is 73.6 Å². The summed E-state index contributed by atoms with van der Waals surface area (Å²) < 4.78 is 11.1. The first kappa shape index (κ1) is 15.8. The van der Waals surface area contributed by atoms with E-state index in [2.05, 4.69) is 15.1 Å². The van der Waals surface area contributed by atoms with Crippen molar-refractivity contribution in [2.24, 2.45) is 11.3 Å². The van der Waals surface area contributed by atoms with Crippen molar-refractivity contribution in [2.75, 3.05) is 57.5 Å². The van der Waals surface area contributed by atoms with Gasteiger partial charge in [0.05, 0.1) is 32.1 Å². The quantitative estimate of drug-likeness (QED) is 0.802. The second-order valence-corrected chi connectivity index (χ2v) is 7.16. The number of aryl methyl sites for hydroxylation is 1. The standard InChI is InChI=1S/C17H24N4O3/c1-13-2-3-15(19-18-13)21-9-14-10-24-12-17(14,11-21)8-16(22)20-4-6-23-7-5-20/h2-3,14H,4-12H2,1H3/t14-,17+/m0/s1. The Bertz CT molecular complexity index is 602. The topological polar surface area (TPSA) is 67.8 Å². The molecule has 0 aromatic carbocycles. The summed E-state index contributed by atoms with van der Waals surface area (Å²) in [5, 5.41) is 8.47. The first-order valence-electron chi connectivity index (χ1n) is 8.65. The van der Waals surface area contributed by atoms with Gasteiger partial charge in [-0.15, -0.1) is 5.10 Å². The number of anilines is 1. The van der Waals surface area contributed by atoms with Gasteiger partial charge in [-0.2, -0.15) is 5.10 Å². The summed E-state index contributed by atoms with van der Waals surface area (Å²) in [6.45, 7) is 7.70. The fourth-order valence-electron chi connectivity index (χ4n) is 4.04. The minimum atomic E-state index is -0.0953. The largest absolute Gasteiger partial charge is 0.380 e. The van der Waals surface area contributed by atoms with Crippen LogP contribution in [0.15, 0.2) is 12.1 Å². The van der Waals surface area contributed by atoms with E-state index in [1.807, 2.05) is 24.0 Å². The molecule has 130 valence electrons. The predicted octanol–water partition coefficient (Wildman–Crippen LogP) is 0.487. The monoisotopic (exact) mass is 332 g/mol. The first-order chi connectivity index (χ1) is 11.7. The van der Waals surface area contributed by atoms with Gasteiger partial charge >= 0.3 is 0 Å². The highest BCUT2D eigenvalue weighted by molar-refractivity contribution is 5.77. The van der Waals surface area contributed by atoms with Crippen LogP contribution >= 0.6 is 0 Å². The van der Waals surface area contributed by atoms with E-state index >= 15 is 0 Å². The lowest BCUT2D eigenvalue weighted by Gasteiger charge is -2.32. The third-order valence-corrected chi connectivity index (χ3v) is 5.50. The number of carbonyl (C=O) groups excluding carboxylic acids is 1. The van der Waals surface area contributed by atoms with Gasteiger partial charge in [0.25, 0.3) is 0 Å². The molecule has 0 spiro atoms. The Morgan fingerprint density at radius 2 is 2.12 bits per heavy atom. The van der Waals surface area contributed by atoms with Gasteiger partial charge in [-0.3, -0.25) is 4.79 Å². The molecule has 1 aromatic heterocycles. The zero-order chi connectivity index (χ0) is 16.6. The van der Waals surface area contributed by atoms with E-state index in [-0.39, 0.29) is 11.3 Å². The highest BCUT2D eigenvalue weighted by Crippen LogP contribution is 2.45. The summed E-state index contributed by atoms with van der Waals surface area (Å²) in [4.78, 5) is 16.9. The summed E-state index contributed by atoms with van der Waals surface area (Å²) >= 11 is 0. The van der Waals surface area contributed by atoms with Gasteiger partial charge < -0.3 is 19.3 Å². The zero-order valence-corrected chi connectivity index (χ0v) is 14.1. The Labute approximate surface area is 141 Å². The second-order valence-electron chi connectivity index (χ2n) is 7.16. The van der Waals surface area contributed by atoms with Gasteiger partial charge in [-0.25, -0.2) is 0 Å². The third kappa shape index (κ3) is 2.86. The summed E-state index contributed by atoms with van der Waals surface area (Å²) in [7, 11) is 0. The van der Waals surface area contributed by atoms with Crippen LogP contribution in [0.3, 0.4) is 0 Å². The van der Waals surface area contributed by atoms with Crippen LogP contribution in [0.5, 0.6) is 0 Å². The molecule has 7 nitrogen and oxygen atoms in total. The molecule has 4 rings (SSSR count). The Kier molecular flexibility index (Phi) is 4.14. The van der Waals surface area contributed by atoms with Crippen LogP contribution in [0.4, 0.5) is 5.82 Å². The minimum Gasteiger partial charge on any atom is -0.380 e. The predicted molar refractivity (Wildman–Crippen MR) is 87.7 cm³/mol. The smallest absolute Gasteiger partial charge is 0.223 e. The molecule has 24 heavy (non-hydrogen) atoms. The van der Waals surface area contributed by atoms with Gasteiger partial charge in [0.15, 0.2) is 5.82 Å². The van der Waals surface area contributed by atoms with Crippen molar-refractivity contribution in [3.05, 3.63) is 17.8 Å². The number of rotatable bonds is 3. The maximum atomic E-state index is 12.7. The average molecular weight is 332 g/mol. The van der Waals surface area contributed by atoms with Crippen molar-refractivity contribution < 1.29 is 14.3 Å². The highest BCUT2D eigenvalue weighted by Gasteiger charge is 2.52. The van der Waals surface area contributed by atoms with E-state index in [1.165, 1.54) is 0 Å². The first-order valence-corrected chi connectivity index (χ1v) is 8.65. The van der Waals surface area contributed by atoms with Gasteiger partial charge in [0.2, 0.25) is 5.91 Å². The third-order valence-electron chi connectivity index (χ3n) is 5.50. The second kappa shape index (κ2) is 6.29.